The maximum atomic E-state index is 8.88. The zero-order valence-corrected chi connectivity index (χ0v) is 11.9. The van der Waals surface area contributed by atoms with E-state index in [0.717, 1.165) is 0 Å². The largest absolute Gasteiger partial charge is 2.00 e. The van der Waals surface area contributed by atoms with Crippen LogP contribution in [0, 0.1) is 36.8 Å². The first-order valence-corrected chi connectivity index (χ1v) is 0.808. The topological polar surface area (TPSA) is 29.1 Å². The summed E-state index contributed by atoms with van der Waals surface area (Å²) in [6.45, 7) is 0. The average molecular weight is 197 g/mol. The number of rotatable bonds is 1. The van der Waals surface area contributed by atoms with Crippen molar-refractivity contribution >= 4 is 81.9 Å². The summed E-state index contributed by atoms with van der Waals surface area (Å²) >= 11 is 0. The molecule has 0 aliphatic carbocycles. The van der Waals surface area contributed by atoms with Gasteiger partial charge in [0.05, 0.1) is 0 Å². The molecule has 0 saturated carbocycles. The molecule has 0 aromatic heterocycles. The smallest absolute Gasteiger partial charge is 0.681 e. The molecule has 0 aliphatic heterocycles. The molecular formula is C6H15Ca2NO-2. The van der Waals surface area contributed by atoms with Crippen LogP contribution in [0.5, 0.6) is 0 Å². The molecule has 4 heteroatoms. The average Bonchev–Trinajstić information content (AvgIpc) is 1.37. The van der Waals surface area contributed by atoms with Crippen LogP contribution in [0.4, 0.5) is 0 Å². The summed E-state index contributed by atoms with van der Waals surface area (Å²) in [5.74, 6) is 0. The third-order valence-electron chi connectivity index (χ3n) is 0.0722. The third kappa shape index (κ3) is 90.3. The number of carbonyl (C=O) groups excluding carboxylic acids is 1. The number of hydrogen-bond donors (Lipinski definition) is 1. The summed E-state index contributed by atoms with van der Waals surface area (Å²) in [7, 11) is 2.93. The minimum atomic E-state index is 0. The Hall–Kier alpha value is 1.99. The van der Waals surface area contributed by atoms with Gasteiger partial charge in [0, 0.05) is 0 Å². The van der Waals surface area contributed by atoms with Gasteiger partial charge in [0.1, 0.15) is 0 Å². The van der Waals surface area contributed by atoms with Crippen LogP contribution in [0.3, 0.4) is 0 Å². The van der Waals surface area contributed by atoms with E-state index in [1.807, 2.05) is 5.32 Å². The second kappa shape index (κ2) is 68.9. The fourth-order valence-electron chi connectivity index (χ4n) is 0. The normalized spacial score (nSPS) is 2.10. The van der Waals surface area contributed by atoms with Crippen LogP contribution in [0.1, 0.15) is 0 Å². The maximum Gasteiger partial charge on any atom is 2.00 e. The molecule has 0 spiro atoms. The standard InChI is InChI=1S/C2H3NO.4CH3.2Ca/c1-3-2-4;;;;;;/h1H2,(H,3,4);4*1H3;;/q-2;4*-1;2*+2. The molecule has 1 amide bonds. The quantitative estimate of drug-likeness (QED) is 0.370. The number of nitrogens with one attached hydrogen (secondary N) is 1. The first-order valence-electron chi connectivity index (χ1n) is 0.808. The fraction of sp³-hybridized carbons (Fsp3) is 0. The van der Waals surface area contributed by atoms with Gasteiger partial charge in [-0.1, -0.05) is 0 Å². The number of amides is 1. The molecule has 0 radical (unpaired) electrons. The van der Waals surface area contributed by atoms with E-state index in [2.05, 4.69) is 7.05 Å². The summed E-state index contributed by atoms with van der Waals surface area (Å²) in [5.41, 5.74) is 0. The minimum Gasteiger partial charge on any atom is -0.681 e. The van der Waals surface area contributed by atoms with Crippen molar-refractivity contribution in [3.63, 3.8) is 0 Å². The van der Waals surface area contributed by atoms with Crippen molar-refractivity contribution in [3.8, 4) is 0 Å². The van der Waals surface area contributed by atoms with Crippen molar-refractivity contribution in [2.24, 2.45) is 0 Å². The Bertz CT molecular complexity index is 29.7. The summed E-state index contributed by atoms with van der Waals surface area (Å²) in [6, 6.07) is 0. The van der Waals surface area contributed by atoms with Gasteiger partial charge in [0.15, 0.2) is 0 Å². The molecule has 0 heterocycles. The van der Waals surface area contributed by atoms with Gasteiger partial charge in [0.25, 0.3) is 0 Å². The van der Waals surface area contributed by atoms with E-state index in [-0.39, 0.29) is 105 Å². The molecule has 0 bridgehead atoms. The molecule has 10 heavy (non-hydrogen) atoms. The van der Waals surface area contributed by atoms with Crippen molar-refractivity contribution in [2.45, 2.75) is 0 Å². The molecule has 0 fully saturated rings. The van der Waals surface area contributed by atoms with Gasteiger partial charge in [-0.3, -0.25) is 7.05 Å². The predicted molar refractivity (Wildman–Crippen MR) is 51.4 cm³/mol. The van der Waals surface area contributed by atoms with E-state index in [9.17, 15) is 0 Å². The first kappa shape index (κ1) is 58.2. The van der Waals surface area contributed by atoms with Gasteiger partial charge in [-0.25, -0.2) is 6.41 Å². The van der Waals surface area contributed by atoms with Crippen molar-refractivity contribution in [2.75, 3.05) is 0 Å². The molecule has 56 valence electrons. The van der Waals surface area contributed by atoms with E-state index < -0.39 is 0 Å². The zero-order valence-electron chi connectivity index (χ0n) is 7.53. The van der Waals surface area contributed by atoms with Crippen LogP contribution in [0.15, 0.2) is 0 Å². The van der Waals surface area contributed by atoms with E-state index >= 15 is 0 Å². The fourth-order valence-corrected chi connectivity index (χ4v) is 0. The summed E-state index contributed by atoms with van der Waals surface area (Å²) in [4.78, 5) is 8.88. The minimum absolute atomic E-state index is 0. The molecule has 0 atom stereocenters. The first-order chi connectivity index (χ1) is 1.91. The monoisotopic (exact) mass is 197 g/mol. The molecule has 0 unspecified atom stereocenters. The van der Waals surface area contributed by atoms with E-state index in [1.165, 1.54) is 6.41 Å². The van der Waals surface area contributed by atoms with Gasteiger partial charge in [0.2, 0.25) is 0 Å². The van der Waals surface area contributed by atoms with Gasteiger partial charge in [-0.2, -0.15) is 0 Å². The molecule has 0 rings (SSSR count). The SMILES string of the molecule is [CH2-]N[C-]=O.[CH3-].[CH3-].[CH3-].[CH3-].[Ca+2].[Ca+2]. The van der Waals surface area contributed by atoms with Gasteiger partial charge >= 0.3 is 75.5 Å². The molecule has 2 nitrogen and oxygen atoms in total. The Labute approximate surface area is 127 Å². The van der Waals surface area contributed by atoms with Crippen LogP contribution in [0.2, 0.25) is 0 Å². The molecule has 0 saturated heterocycles. The van der Waals surface area contributed by atoms with Crippen LogP contribution in [-0.2, 0) is 4.79 Å². The molecule has 0 aromatic carbocycles. The molecule has 0 aliphatic rings. The van der Waals surface area contributed by atoms with Gasteiger partial charge < -0.3 is 39.8 Å². The van der Waals surface area contributed by atoms with Crippen molar-refractivity contribution in [1.29, 1.82) is 0 Å². The zero-order chi connectivity index (χ0) is 3.41. The summed E-state index contributed by atoms with van der Waals surface area (Å²) < 4.78 is 0. The van der Waals surface area contributed by atoms with E-state index in [0.29, 0.717) is 0 Å². The molecule has 0 aromatic rings. The Balaban J connectivity index is -0.00000000300. The summed E-state index contributed by atoms with van der Waals surface area (Å²) in [6.07, 6.45) is 1.32. The van der Waals surface area contributed by atoms with Crippen molar-refractivity contribution in [1.82, 2.24) is 5.32 Å². The van der Waals surface area contributed by atoms with Crippen LogP contribution in [-0.4, -0.2) is 81.9 Å². The van der Waals surface area contributed by atoms with Crippen LogP contribution >= 0.6 is 0 Å². The Morgan fingerprint density at radius 3 is 1.10 bits per heavy atom. The van der Waals surface area contributed by atoms with E-state index in [1.54, 1.807) is 0 Å². The van der Waals surface area contributed by atoms with Crippen molar-refractivity contribution in [3.05, 3.63) is 36.8 Å². The van der Waals surface area contributed by atoms with Crippen LogP contribution in [0.25, 0.3) is 0 Å². The Morgan fingerprint density at radius 2 is 1.10 bits per heavy atom. The van der Waals surface area contributed by atoms with Crippen LogP contribution < -0.4 is 5.32 Å². The third-order valence-corrected chi connectivity index (χ3v) is 0.0722. The number of hydrogen-bond acceptors (Lipinski definition) is 1. The summed E-state index contributed by atoms with van der Waals surface area (Å²) in [5, 5.41) is 1.88. The van der Waals surface area contributed by atoms with E-state index in [4.69, 9.17) is 4.79 Å². The van der Waals surface area contributed by atoms with Gasteiger partial charge in [-0.05, 0) is 0 Å². The Kier molecular flexibility index (Phi) is 401. The second-order valence-electron chi connectivity index (χ2n) is 0.279. The molecule has 1 N–H and O–H groups in total. The Morgan fingerprint density at radius 1 is 1.00 bits per heavy atom. The predicted octanol–water partition coefficient (Wildman–Crippen LogP) is 0.474. The molecular weight excluding hydrogens is 182 g/mol. The maximum absolute atomic E-state index is 8.88. The second-order valence-corrected chi connectivity index (χ2v) is 0.279. The van der Waals surface area contributed by atoms with Crippen molar-refractivity contribution < 1.29 is 4.79 Å². The van der Waals surface area contributed by atoms with Gasteiger partial charge in [-0.15, -0.1) is 0 Å².